The van der Waals surface area contributed by atoms with Crippen molar-refractivity contribution in [1.82, 2.24) is 9.38 Å². The van der Waals surface area contributed by atoms with Crippen LogP contribution in [-0.4, -0.2) is 20.5 Å². The van der Waals surface area contributed by atoms with Gasteiger partial charge in [0.05, 0.1) is 11.1 Å². The fraction of sp³-hybridized carbons (Fsp3) is 0.143. The van der Waals surface area contributed by atoms with E-state index in [1.807, 2.05) is 36.4 Å². The van der Waals surface area contributed by atoms with Crippen LogP contribution >= 0.6 is 0 Å². The lowest BCUT2D eigenvalue weighted by Crippen LogP contribution is -1.98. The minimum atomic E-state index is -0.912. The quantitative estimate of drug-likeness (QED) is 0.711. The summed E-state index contributed by atoms with van der Waals surface area (Å²) in [5.74, 6) is -0.912. The molecule has 0 spiro atoms. The molecule has 0 bridgehead atoms. The van der Waals surface area contributed by atoms with Crippen LogP contribution in [0.25, 0.3) is 16.6 Å². The van der Waals surface area contributed by atoms with Gasteiger partial charge in [0.1, 0.15) is 5.65 Å². The van der Waals surface area contributed by atoms with Crippen LogP contribution in [-0.2, 0) is 0 Å². The Balaban J connectivity index is 2.47. The molecule has 0 fully saturated rings. The van der Waals surface area contributed by atoms with Crippen LogP contribution < -0.4 is 0 Å². The van der Waals surface area contributed by atoms with E-state index in [-0.39, 0.29) is 0 Å². The van der Waals surface area contributed by atoms with Crippen molar-refractivity contribution < 1.29 is 9.90 Å². The van der Waals surface area contributed by atoms with Crippen LogP contribution in [0.1, 0.15) is 21.7 Å². The molecule has 0 aliphatic carbocycles. The molecule has 0 unspecified atom stereocenters. The standard InChI is InChI=1S/C14H12N2O2/c1-8-5-9(2)16-12-6-11(14(17)18)4-3-10(12)7-13(16)15-8/h3-7H,1-2H3,(H,17,18). The maximum absolute atomic E-state index is 11.0. The van der Waals surface area contributed by atoms with Gasteiger partial charge in [0.15, 0.2) is 0 Å². The summed E-state index contributed by atoms with van der Waals surface area (Å²) >= 11 is 0. The van der Waals surface area contributed by atoms with E-state index in [1.165, 1.54) is 0 Å². The highest BCUT2D eigenvalue weighted by atomic mass is 16.4. The minimum absolute atomic E-state index is 0.294. The molecule has 0 saturated carbocycles. The number of aryl methyl sites for hydroxylation is 2. The van der Waals surface area contributed by atoms with Gasteiger partial charge >= 0.3 is 5.97 Å². The number of hydrogen-bond donors (Lipinski definition) is 1. The van der Waals surface area contributed by atoms with Gasteiger partial charge in [-0.1, -0.05) is 6.07 Å². The second-order valence-corrected chi connectivity index (χ2v) is 4.46. The topological polar surface area (TPSA) is 54.6 Å². The van der Waals surface area contributed by atoms with Crippen molar-refractivity contribution in [2.45, 2.75) is 13.8 Å². The van der Waals surface area contributed by atoms with Crippen molar-refractivity contribution in [3.63, 3.8) is 0 Å². The van der Waals surface area contributed by atoms with Crippen molar-refractivity contribution >= 4 is 22.5 Å². The summed E-state index contributed by atoms with van der Waals surface area (Å²) in [6, 6.07) is 9.09. The third-order valence-electron chi connectivity index (χ3n) is 3.09. The Kier molecular flexibility index (Phi) is 2.13. The highest BCUT2D eigenvalue weighted by Gasteiger charge is 2.09. The molecule has 3 aromatic rings. The van der Waals surface area contributed by atoms with Crippen LogP contribution in [0.5, 0.6) is 0 Å². The average Bonchev–Trinajstić information content (AvgIpc) is 2.65. The predicted octanol–water partition coefficient (Wildman–Crippen LogP) is 2.80. The Hall–Kier alpha value is -2.36. The lowest BCUT2D eigenvalue weighted by atomic mass is 10.2. The Morgan fingerprint density at radius 3 is 2.72 bits per heavy atom. The fourth-order valence-corrected chi connectivity index (χ4v) is 2.35. The molecule has 1 N–H and O–H groups in total. The van der Waals surface area contributed by atoms with Crippen molar-refractivity contribution in [3.05, 3.63) is 47.3 Å². The molecule has 90 valence electrons. The zero-order chi connectivity index (χ0) is 12.9. The fourth-order valence-electron chi connectivity index (χ4n) is 2.35. The Morgan fingerprint density at radius 2 is 2.00 bits per heavy atom. The zero-order valence-electron chi connectivity index (χ0n) is 10.1. The second-order valence-electron chi connectivity index (χ2n) is 4.46. The number of hydrogen-bond acceptors (Lipinski definition) is 2. The van der Waals surface area contributed by atoms with E-state index in [2.05, 4.69) is 4.98 Å². The SMILES string of the molecule is Cc1cc(C)n2c(cc3ccc(C(=O)O)cc32)n1. The van der Waals surface area contributed by atoms with Gasteiger partial charge in [-0.3, -0.25) is 4.40 Å². The highest BCUT2D eigenvalue weighted by molar-refractivity contribution is 5.95. The van der Waals surface area contributed by atoms with E-state index in [9.17, 15) is 4.79 Å². The first-order valence-corrected chi connectivity index (χ1v) is 5.69. The summed E-state index contributed by atoms with van der Waals surface area (Å²) in [5, 5.41) is 10.0. The Labute approximate surface area is 104 Å². The molecule has 2 aromatic heterocycles. The minimum Gasteiger partial charge on any atom is -0.478 e. The molecule has 3 rings (SSSR count). The third kappa shape index (κ3) is 1.46. The lowest BCUT2D eigenvalue weighted by molar-refractivity contribution is 0.0697. The molecule has 0 aliphatic rings. The Bertz CT molecular complexity index is 787. The van der Waals surface area contributed by atoms with E-state index >= 15 is 0 Å². The van der Waals surface area contributed by atoms with Crippen molar-refractivity contribution in [3.8, 4) is 0 Å². The zero-order valence-corrected chi connectivity index (χ0v) is 10.1. The smallest absolute Gasteiger partial charge is 0.335 e. The van der Waals surface area contributed by atoms with E-state index in [0.717, 1.165) is 27.9 Å². The molecule has 0 amide bonds. The summed E-state index contributed by atoms with van der Waals surface area (Å²) in [7, 11) is 0. The van der Waals surface area contributed by atoms with Gasteiger partial charge in [-0.25, -0.2) is 9.78 Å². The molecule has 2 heterocycles. The van der Waals surface area contributed by atoms with Crippen LogP contribution in [0.15, 0.2) is 30.3 Å². The normalized spacial score (nSPS) is 11.2. The van der Waals surface area contributed by atoms with E-state index in [4.69, 9.17) is 5.11 Å². The van der Waals surface area contributed by atoms with Gasteiger partial charge < -0.3 is 5.11 Å². The van der Waals surface area contributed by atoms with Crippen LogP contribution in [0.4, 0.5) is 0 Å². The lowest BCUT2D eigenvalue weighted by Gasteiger charge is -2.04. The van der Waals surface area contributed by atoms with Crippen LogP contribution in [0.2, 0.25) is 0 Å². The largest absolute Gasteiger partial charge is 0.478 e. The molecule has 0 atom stereocenters. The number of benzene rings is 1. The van der Waals surface area contributed by atoms with Gasteiger partial charge in [-0.2, -0.15) is 0 Å². The summed E-state index contributed by atoms with van der Waals surface area (Å²) in [5.41, 5.74) is 4.04. The predicted molar refractivity (Wildman–Crippen MR) is 69.1 cm³/mol. The monoisotopic (exact) mass is 240 g/mol. The molecular formula is C14H12N2O2. The molecule has 0 aliphatic heterocycles. The molecule has 18 heavy (non-hydrogen) atoms. The van der Waals surface area contributed by atoms with Gasteiger partial charge in [0.25, 0.3) is 0 Å². The summed E-state index contributed by atoms with van der Waals surface area (Å²) in [6.45, 7) is 3.95. The van der Waals surface area contributed by atoms with E-state index in [0.29, 0.717) is 5.56 Å². The Morgan fingerprint density at radius 1 is 1.22 bits per heavy atom. The highest BCUT2D eigenvalue weighted by Crippen LogP contribution is 2.22. The summed E-state index contributed by atoms with van der Waals surface area (Å²) in [6.07, 6.45) is 0. The van der Waals surface area contributed by atoms with Crippen LogP contribution in [0.3, 0.4) is 0 Å². The molecule has 4 heteroatoms. The van der Waals surface area contributed by atoms with E-state index < -0.39 is 5.97 Å². The van der Waals surface area contributed by atoms with Gasteiger partial charge in [-0.05, 0) is 38.1 Å². The molecule has 0 radical (unpaired) electrons. The number of carboxylic acid groups (broad SMARTS) is 1. The number of nitrogens with zero attached hydrogens (tertiary/aromatic N) is 2. The van der Waals surface area contributed by atoms with Gasteiger partial charge in [-0.15, -0.1) is 0 Å². The van der Waals surface area contributed by atoms with Crippen molar-refractivity contribution in [2.75, 3.05) is 0 Å². The first kappa shape index (κ1) is 10.8. The number of aromatic nitrogens is 2. The number of rotatable bonds is 1. The molecule has 0 saturated heterocycles. The number of aromatic carboxylic acids is 1. The second kappa shape index (κ2) is 3.57. The number of carbonyl (C=O) groups is 1. The third-order valence-corrected chi connectivity index (χ3v) is 3.09. The molecule has 1 aromatic carbocycles. The summed E-state index contributed by atoms with van der Waals surface area (Å²) < 4.78 is 1.98. The molecular weight excluding hydrogens is 228 g/mol. The van der Waals surface area contributed by atoms with Crippen molar-refractivity contribution in [1.29, 1.82) is 0 Å². The number of carboxylic acids is 1. The summed E-state index contributed by atoms with van der Waals surface area (Å²) in [4.78, 5) is 15.5. The van der Waals surface area contributed by atoms with Gasteiger partial charge in [0, 0.05) is 16.8 Å². The first-order valence-electron chi connectivity index (χ1n) is 5.69. The maximum atomic E-state index is 11.0. The number of fused-ring (bicyclic) bond motifs is 3. The average molecular weight is 240 g/mol. The van der Waals surface area contributed by atoms with E-state index in [1.54, 1.807) is 12.1 Å². The maximum Gasteiger partial charge on any atom is 0.335 e. The van der Waals surface area contributed by atoms with Crippen LogP contribution in [0, 0.1) is 13.8 Å². The first-order chi connectivity index (χ1) is 8.56. The molecule has 4 nitrogen and oxygen atoms in total. The van der Waals surface area contributed by atoms with Gasteiger partial charge in [0.2, 0.25) is 0 Å². The van der Waals surface area contributed by atoms with Crippen molar-refractivity contribution in [2.24, 2.45) is 0 Å².